The van der Waals surface area contributed by atoms with E-state index in [1.807, 2.05) is 6.08 Å². The molecule has 0 saturated heterocycles. The Morgan fingerprint density at radius 2 is 2.36 bits per heavy atom. The van der Waals surface area contributed by atoms with Gasteiger partial charge in [0.05, 0.1) is 5.03 Å². The predicted molar refractivity (Wildman–Crippen MR) is 49.2 cm³/mol. The molecule has 0 heterocycles. The van der Waals surface area contributed by atoms with Gasteiger partial charge in [-0.25, -0.2) is 0 Å². The van der Waals surface area contributed by atoms with Crippen molar-refractivity contribution in [2.75, 3.05) is 0 Å². The first-order chi connectivity index (χ1) is 5.15. The normalized spacial score (nSPS) is 25.4. The Kier molecular flexibility index (Phi) is 2.61. The molecule has 0 saturated carbocycles. The van der Waals surface area contributed by atoms with Gasteiger partial charge in [-0.1, -0.05) is 31.5 Å². The molecular formula is C9H14ClN. The minimum atomic E-state index is 0.549. The summed E-state index contributed by atoms with van der Waals surface area (Å²) in [5, 5.41) is 0.783. The highest BCUT2D eigenvalue weighted by atomic mass is 35.5. The highest BCUT2D eigenvalue weighted by Gasteiger charge is 2.14. The van der Waals surface area contributed by atoms with Crippen LogP contribution in [0.2, 0.25) is 0 Å². The van der Waals surface area contributed by atoms with E-state index in [2.05, 4.69) is 13.8 Å². The third kappa shape index (κ3) is 1.78. The molecule has 1 aliphatic carbocycles. The van der Waals surface area contributed by atoms with Gasteiger partial charge in [-0.2, -0.15) is 0 Å². The van der Waals surface area contributed by atoms with Crippen LogP contribution in [-0.4, -0.2) is 0 Å². The molecule has 2 N–H and O–H groups in total. The summed E-state index contributed by atoms with van der Waals surface area (Å²) in [5.74, 6) is 0.549. The van der Waals surface area contributed by atoms with Crippen LogP contribution in [0.4, 0.5) is 0 Å². The van der Waals surface area contributed by atoms with Crippen LogP contribution < -0.4 is 5.73 Å². The average Bonchev–Trinajstić information content (AvgIpc) is 1.96. The largest absolute Gasteiger partial charge is 0.398 e. The number of nitrogens with two attached hydrogens (primary N) is 1. The highest BCUT2D eigenvalue weighted by Crippen LogP contribution is 2.30. The number of halogens is 1. The van der Waals surface area contributed by atoms with Crippen LogP contribution in [0.25, 0.3) is 0 Å². The quantitative estimate of drug-likeness (QED) is 0.645. The Morgan fingerprint density at radius 3 is 2.91 bits per heavy atom. The number of rotatable bonds is 1. The molecule has 62 valence electrons. The van der Waals surface area contributed by atoms with Crippen molar-refractivity contribution in [3.8, 4) is 0 Å². The van der Waals surface area contributed by atoms with E-state index in [0.717, 1.165) is 23.6 Å². The topological polar surface area (TPSA) is 26.0 Å². The molecule has 0 aromatic carbocycles. The molecule has 1 rings (SSSR count). The molecule has 0 fully saturated rings. The van der Waals surface area contributed by atoms with Crippen molar-refractivity contribution < 1.29 is 0 Å². The maximum atomic E-state index is 5.98. The summed E-state index contributed by atoms with van der Waals surface area (Å²) in [6, 6.07) is 0. The van der Waals surface area contributed by atoms with Crippen LogP contribution in [0.3, 0.4) is 0 Å². The zero-order valence-electron chi connectivity index (χ0n) is 7.02. The standard InChI is InChI=1S/C9H14ClN/c1-3-7-4-6(2)5-8(11)9(7)10/h5-6H,3-4,11H2,1-2H3. The van der Waals surface area contributed by atoms with Gasteiger partial charge in [-0.05, 0) is 24.3 Å². The fraction of sp³-hybridized carbons (Fsp3) is 0.556. The van der Waals surface area contributed by atoms with Crippen molar-refractivity contribution in [3.63, 3.8) is 0 Å². The molecule has 11 heavy (non-hydrogen) atoms. The SMILES string of the molecule is CCC1=C(Cl)C(N)=CC(C)C1. The minimum Gasteiger partial charge on any atom is -0.398 e. The van der Waals surface area contributed by atoms with Crippen molar-refractivity contribution in [2.24, 2.45) is 11.7 Å². The van der Waals surface area contributed by atoms with E-state index in [-0.39, 0.29) is 0 Å². The lowest BCUT2D eigenvalue weighted by atomic mass is 9.93. The Bertz CT molecular complexity index is 216. The van der Waals surface area contributed by atoms with E-state index in [1.165, 1.54) is 5.57 Å². The van der Waals surface area contributed by atoms with Gasteiger partial charge in [0.2, 0.25) is 0 Å². The van der Waals surface area contributed by atoms with Crippen LogP contribution in [0, 0.1) is 5.92 Å². The number of allylic oxidation sites excluding steroid dienone is 3. The molecule has 1 atom stereocenters. The summed E-state index contributed by atoms with van der Waals surface area (Å²) in [6.45, 7) is 4.27. The van der Waals surface area contributed by atoms with E-state index in [0.29, 0.717) is 5.92 Å². The van der Waals surface area contributed by atoms with Crippen LogP contribution in [0.1, 0.15) is 26.7 Å². The van der Waals surface area contributed by atoms with Gasteiger partial charge in [0.15, 0.2) is 0 Å². The minimum absolute atomic E-state index is 0.549. The maximum Gasteiger partial charge on any atom is 0.0624 e. The first-order valence-corrected chi connectivity index (χ1v) is 4.38. The Hall–Kier alpha value is -0.430. The van der Waals surface area contributed by atoms with Crippen molar-refractivity contribution >= 4 is 11.6 Å². The van der Waals surface area contributed by atoms with Crippen molar-refractivity contribution in [1.82, 2.24) is 0 Å². The summed E-state index contributed by atoms with van der Waals surface area (Å²) in [5.41, 5.74) is 7.75. The van der Waals surface area contributed by atoms with Gasteiger partial charge in [0.25, 0.3) is 0 Å². The van der Waals surface area contributed by atoms with Crippen LogP contribution in [-0.2, 0) is 0 Å². The van der Waals surface area contributed by atoms with E-state index >= 15 is 0 Å². The summed E-state index contributed by atoms with van der Waals surface area (Å²) in [7, 11) is 0. The first kappa shape index (κ1) is 8.66. The van der Waals surface area contributed by atoms with Crippen molar-refractivity contribution in [3.05, 3.63) is 22.4 Å². The van der Waals surface area contributed by atoms with Gasteiger partial charge in [-0.15, -0.1) is 0 Å². The van der Waals surface area contributed by atoms with Crippen LogP contribution in [0.5, 0.6) is 0 Å². The monoisotopic (exact) mass is 171 g/mol. The molecule has 0 spiro atoms. The third-order valence-electron chi connectivity index (χ3n) is 2.02. The fourth-order valence-electron chi connectivity index (χ4n) is 1.42. The molecule has 1 aliphatic rings. The van der Waals surface area contributed by atoms with Gasteiger partial charge in [0, 0.05) is 5.70 Å². The Balaban J connectivity index is 2.90. The molecule has 0 aromatic heterocycles. The average molecular weight is 172 g/mol. The first-order valence-electron chi connectivity index (χ1n) is 4.00. The molecule has 0 aromatic rings. The zero-order valence-corrected chi connectivity index (χ0v) is 7.78. The molecule has 1 unspecified atom stereocenters. The van der Waals surface area contributed by atoms with Gasteiger partial charge >= 0.3 is 0 Å². The second kappa shape index (κ2) is 3.31. The van der Waals surface area contributed by atoms with E-state index in [9.17, 15) is 0 Å². The summed E-state index contributed by atoms with van der Waals surface area (Å²) < 4.78 is 0. The molecule has 1 nitrogen and oxygen atoms in total. The lowest BCUT2D eigenvalue weighted by Crippen LogP contribution is -2.09. The Morgan fingerprint density at radius 1 is 1.73 bits per heavy atom. The second-order valence-corrected chi connectivity index (χ2v) is 3.45. The molecule has 0 amide bonds. The van der Waals surface area contributed by atoms with Crippen molar-refractivity contribution in [2.45, 2.75) is 26.7 Å². The highest BCUT2D eigenvalue weighted by molar-refractivity contribution is 6.32. The zero-order chi connectivity index (χ0) is 8.43. The van der Waals surface area contributed by atoms with E-state index in [4.69, 9.17) is 17.3 Å². The number of hydrogen-bond acceptors (Lipinski definition) is 1. The van der Waals surface area contributed by atoms with Gasteiger partial charge in [0.1, 0.15) is 0 Å². The summed E-state index contributed by atoms with van der Waals surface area (Å²) in [6.07, 6.45) is 4.11. The predicted octanol–water partition coefficient (Wildman–Crippen LogP) is 2.77. The second-order valence-electron chi connectivity index (χ2n) is 3.07. The molecule has 0 radical (unpaired) electrons. The molecular weight excluding hydrogens is 158 g/mol. The van der Waals surface area contributed by atoms with Gasteiger partial charge < -0.3 is 5.73 Å². The van der Waals surface area contributed by atoms with E-state index < -0.39 is 0 Å². The van der Waals surface area contributed by atoms with Gasteiger partial charge in [-0.3, -0.25) is 0 Å². The van der Waals surface area contributed by atoms with E-state index in [1.54, 1.807) is 0 Å². The summed E-state index contributed by atoms with van der Waals surface area (Å²) >= 11 is 5.98. The molecule has 0 aliphatic heterocycles. The number of hydrogen-bond donors (Lipinski definition) is 1. The molecule has 0 bridgehead atoms. The smallest absolute Gasteiger partial charge is 0.0624 e. The maximum absolute atomic E-state index is 5.98. The fourth-order valence-corrected chi connectivity index (χ4v) is 1.69. The molecule has 2 heteroatoms. The van der Waals surface area contributed by atoms with Crippen LogP contribution in [0.15, 0.2) is 22.4 Å². The van der Waals surface area contributed by atoms with Crippen LogP contribution >= 0.6 is 11.6 Å². The summed E-state index contributed by atoms with van der Waals surface area (Å²) in [4.78, 5) is 0. The third-order valence-corrected chi connectivity index (χ3v) is 2.51. The lowest BCUT2D eigenvalue weighted by molar-refractivity contribution is 0.678. The Labute approximate surface area is 72.9 Å². The lowest BCUT2D eigenvalue weighted by Gasteiger charge is -2.18. The van der Waals surface area contributed by atoms with Crippen molar-refractivity contribution in [1.29, 1.82) is 0 Å².